The molecule has 0 radical (unpaired) electrons. The number of rotatable bonds is 2. The summed E-state index contributed by atoms with van der Waals surface area (Å²) in [5.41, 5.74) is 1.01. The second-order valence-electron chi connectivity index (χ2n) is 6.84. The summed E-state index contributed by atoms with van der Waals surface area (Å²) in [4.78, 5) is 11.5. The van der Waals surface area contributed by atoms with Crippen molar-refractivity contribution >= 4 is 5.97 Å². The minimum atomic E-state index is -0.263. The highest BCUT2D eigenvalue weighted by molar-refractivity contribution is 5.67. The van der Waals surface area contributed by atoms with Gasteiger partial charge >= 0.3 is 5.97 Å². The molecule has 0 amide bonds. The fourth-order valence-corrected chi connectivity index (χ4v) is 5.20. The van der Waals surface area contributed by atoms with E-state index in [-0.39, 0.29) is 11.6 Å². The first-order valence-electron chi connectivity index (χ1n) is 7.37. The summed E-state index contributed by atoms with van der Waals surface area (Å²) in [5, 5.41) is 0. The van der Waals surface area contributed by atoms with E-state index < -0.39 is 0 Å². The van der Waals surface area contributed by atoms with Crippen molar-refractivity contribution in [2.24, 2.45) is 23.7 Å². The maximum absolute atomic E-state index is 11.5. The quantitative estimate of drug-likeness (QED) is 0.550. The summed E-state index contributed by atoms with van der Waals surface area (Å²) in [5.74, 6) is 3.03. The Kier molecular flexibility index (Phi) is 2.80. The zero-order valence-corrected chi connectivity index (χ0v) is 11.7. The van der Waals surface area contributed by atoms with E-state index in [2.05, 4.69) is 19.9 Å². The summed E-state index contributed by atoms with van der Waals surface area (Å²) in [6.45, 7) is 5.78. The van der Waals surface area contributed by atoms with E-state index in [1.807, 2.05) is 0 Å². The van der Waals surface area contributed by atoms with Crippen molar-refractivity contribution in [3.63, 3.8) is 0 Å². The Balaban J connectivity index is 1.92. The van der Waals surface area contributed by atoms with Crippen LogP contribution in [0, 0.1) is 23.7 Å². The van der Waals surface area contributed by atoms with Crippen molar-refractivity contribution < 1.29 is 9.53 Å². The standard InChI is InChI=1S/C16H24O2/c1-10(2)8-16(18-11(3)17)9-12-7-15(16)14-6-4-5-13(12)14/h8,12-15H,4-7,9H2,1-3H3. The zero-order chi connectivity index (χ0) is 12.9. The van der Waals surface area contributed by atoms with Crippen LogP contribution in [0.2, 0.25) is 0 Å². The highest BCUT2D eigenvalue weighted by Gasteiger charge is 2.61. The molecule has 0 aliphatic heterocycles. The van der Waals surface area contributed by atoms with Crippen LogP contribution in [0.4, 0.5) is 0 Å². The summed E-state index contributed by atoms with van der Waals surface area (Å²) in [6, 6.07) is 0. The molecule has 0 aromatic rings. The van der Waals surface area contributed by atoms with Crippen molar-refractivity contribution in [2.45, 2.75) is 58.5 Å². The maximum atomic E-state index is 11.5. The fourth-order valence-electron chi connectivity index (χ4n) is 5.20. The average molecular weight is 248 g/mol. The molecule has 0 heterocycles. The molecule has 0 saturated heterocycles. The van der Waals surface area contributed by atoms with Gasteiger partial charge in [-0.25, -0.2) is 0 Å². The number of ether oxygens (including phenoxy) is 1. The Morgan fingerprint density at radius 2 is 1.94 bits per heavy atom. The lowest BCUT2D eigenvalue weighted by Crippen LogP contribution is -2.43. The number of carbonyl (C=O) groups is 1. The van der Waals surface area contributed by atoms with Crippen molar-refractivity contribution in [2.75, 3.05) is 0 Å². The Morgan fingerprint density at radius 3 is 2.61 bits per heavy atom. The molecule has 2 heteroatoms. The number of allylic oxidation sites excluding steroid dienone is 1. The van der Waals surface area contributed by atoms with Crippen LogP contribution in [0.5, 0.6) is 0 Å². The minimum Gasteiger partial charge on any atom is -0.455 e. The molecule has 0 spiro atoms. The molecule has 18 heavy (non-hydrogen) atoms. The van der Waals surface area contributed by atoms with Gasteiger partial charge in [-0.1, -0.05) is 12.0 Å². The largest absolute Gasteiger partial charge is 0.455 e. The summed E-state index contributed by atoms with van der Waals surface area (Å²) in [6.07, 6.45) is 8.75. The number of esters is 1. The van der Waals surface area contributed by atoms with Gasteiger partial charge in [-0.15, -0.1) is 0 Å². The average Bonchev–Trinajstić information content (AvgIpc) is 2.83. The second-order valence-corrected chi connectivity index (χ2v) is 6.84. The number of hydrogen-bond acceptors (Lipinski definition) is 2. The molecule has 0 aromatic heterocycles. The summed E-state index contributed by atoms with van der Waals surface area (Å²) >= 11 is 0. The molecule has 2 bridgehead atoms. The SMILES string of the molecule is CC(=O)OC1(C=C(C)C)CC2CC1C1CCCC21. The Hall–Kier alpha value is -0.790. The molecular formula is C16H24O2. The molecular weight excluding hydrogens is 224 g/mol. The molecule has 5 unspecified atom stereocenters. The van der Waals surface area contributed by atoms with Crippen molar-refractivity contribution in [1.29, 1.82) is 0 Å². The monoisotopic (exact) mass is 248 g/mol. The lowest BCUT2D eigenvalue weighted by atomic mass is 9.72. The van der Waals surface area contributed by atoms with Gasteiger partial charge in [-0.2, -0.15) is 0 Å². The van der Waals surface area contributed by atoms with Crippen LogP contribution in [-0.2, 0) is 9.53 Å². The minimum absolute atomic E-state index is 0.116. The van der Waals surface area contributed by atoms with E-state index in [0.717, 1.165) is 24.2 Å². The summed E-state index contributed by atoms with van der Waals surface area (Å²) in [7, 11) is 0. The Labute approximate surface area is 110 Å². The lowest BCUT2D eigenvalue weighted by molar-refractivity contribution is -0.159. The predicted molar refractivity (Wildman–Crippen MR) is 71.0 cm³/mol. The van der Waals surface area contributed by atoms with E-state index in [1.54, 1.807) is 6.92 Å². The predicted octanol–water partition coefficient (Wildman–Crippen LogP) is 3.71. The van der Waals surface area contributed by atoms with E-state index >= 15 is 0 Å². The molecule has 2 nitrogen and oxygen atoms in total. The number of carbonyl (C=O) groups excluding carboxylic acids is 1. The van der Waals surface area contributed by atoms with Gasteiger partial charge in [0.15, 0.2) is 0 Å². The van der Waals surface area contributed by atoms with Gasteiger partial charge in [0.1, 0.15) is 5.60 Å². The van der Waals surface area contributed by atoms with Crippen molar-refractivity contribution in [1.82, 2.24) is 0 Å². The van der Waals surface area contributed by atoms with Crippen LogP contribution in [0.3, 0.4) is 0 Å². The molecule has 5 atom stereocenters. The van der Waals surface area contributed by atoms with E-state index in [4.69, 9.17) is 4.74 Å². The maximum Gasteiger partial charge on any atom is 0.303 e. The van der Waals surface area contributed by atoms with Crippen LogP contribution in [0.25, 0.3) is 0 Å². The van der Waals surface area contributed by atoms with Crippen LogP contribution < -0.4 is 0 Å². The van der Waals surface area contributed by atoms with Gasteiger partial charge < -0.3 is 4.74 Å². The fraction of sp³-hybridized carbons (Fsp3) is 0.812. The van der Waals surface area contributed by atoms with E-state index in [1.165, 1.54) is 31.3 Å². The first kappa shape index (κ1) is 12.3. The molecule has 3 aliphatic carbocycles. The van der Waals surface area contributed by atoms with Gasteiger partial charge in [-0.3, -0.25) is 4.79 Å². The molecule has 0 N–H and O–H groups in total. The Morgan fingerprint density at radius 1 is 1.22 bits per heavy atom. The van der Waals surface area contributed by atoms with Crippen LogP contribution in [-0.4, -0.2) is 11.6 Å². The van der Waals surface area contributed by atoms with Crippen LogP contribution in [0.1, 0.15) is 52.9 Å². The third kappa shape index (κ3) is 1.72. The Bertz CT molecular complexity index is 394. The van der Waals surface area contributed by atoms with Gasteiger partial charge in [0, 0.05) is 12.8 Å². The molecule has 3 fully saturated rings. The highest BCUT2D eigenvalue weighted by atomic mass is 16.6. The van der Waals surface area contributed by atoms with Crippen LogP contribution in [0.15, 0.2) is 11.6 Å². The first-order chi connectivity index (χ1) is 8.52. The molecule has 100 valence electrons. The van der Waals surface area contributed by atoms with Crippen molar-refractivity contribution in [3.05, 3.63) is 11.6 Å². The first-order valence-corrected chi connectivity index (χ1v) is 7.37. The van der Waals surface area contributed by atoms with E-state index in [0.29, 0.717) is 5.92 Å². The summed E-state index contributed by atoms with van der Waals surface area (Å²) < 4.78 is 5.84. The second kappa shape index (κ2) is 4.11. The highest BCUT2D eigenvalue weighted by Crippen LogP contribution is 2.63. The zero-order valence-electron chi connectivity index (χ0n) is 11.7. The number of fused-ring (bicyclic) bond motifs is 5. The smallest absolute Gasteiger partial charge is 0.303 e. The van der Waals surface area contributed by atoms with Gasteiger partial charge in [0.2, 0.25) is 0 Å². The van der Waals surface area contributed by atoms with E-state index in [9.17, 15) is 4.79 Å². The lowest BCUT2D eigenvalue weighted by Gasteiger charge is -2.40. The molecule has 3 aliphatic rings. The van der Waals surface area contributed by atoms with Crippen molar-refractivity contribution in [3.8, 4) is 0 Å². The van der Waals surface area contributed by atoms with Gasteiger partial charge in [0.05, 0.1) is 0 Å². The molecule has 3 saturated carbocycles. The third-order valence-electron chi connectivity index (χ3n) is 5.38. The number of hydrogen-bond donors (Lipinski definition) is 0. The normalized spacial score (nSPS) is 44.8. The van der Waals surface area contributed by atoms with Crippen LogP contribution >= 0.6 is 0 Å². The molecule has 3 rings (SSSR count). The van der Waals surface area contributed by atoms with Gasteiger partial charge in [0.25, 0.3) is 0 Å². The van der Waals surface area contributed by atoms with Gasteiger partial charge in [-0.05, 0) is 63.4 Å². The topological polar surface area (TPSA) is 26.3 Å². The molecule has 0 aromatic carbocycles. The third-order valence-corrected chi connectivity index (χ3v) is 5.38.